The molecule has 2 saturated heterocycles. The Bertz CT molecular complexity index is 608. The lowest BCUT2D eigenvalue weighted by molar-refractivity contribution is -0.147. The minimum atomic E-state index is -1.94. The van der Waals surface area contributed by atoms with Crippen LogP contribution in [0.3, 0.4) is 0 Å². The maximum atomic E-state index is 12.4. The van der Waals surface area contributed by atoms with Gasteiger partial charge in [0, 0.05) is 25.4 Å². The van der Waals surface area contributed by atoms with Gasteiger partial charge >= 0.3 is 0 Å². The Morgan fingerprint density at radius 2 is 1.92 bits per heavy atom. The first-order valence-electron chi connectivity index (χ1n) is 9.16. The SMILES string of the molecule is CC(C)(C)[Si](C)(C)OC12CCC(CC(=O)C1)N2Cc1ccccc1. The van der Waals surface area contributed by atoms with E-state index in [0.29, 0.717) is 24.7 Å². The molecule has 2 fully saturated rings. The number of piperidine rings is 1. The van der Waals surface area contributed by atoms with Crippen molar-refractivity contribution < 1.29 is 9.22 Å². The zero-order valence-electron chi connectivity index (χ0n) is 15.8. The first kappa shape index (κ1) is 17.8. The summed E-state index contributed by atoms with van der Waals surface area (Å²) in [5.74, 6) is 0.375. The van der Waals surface area contributed by atoms with Crippen LogP contribution in [0.15, 0.2) is 30.3 Å². The number of carbonyl (C=O) groups is 1. The van der Waals surface area contributed by atoms with Crippen molar-refractivity contribution in [1.82, 2.24) is 4.90 Å². The van der Waals surface area contributed by atoms with Crippen LogP contribution in [-0.2, 0) is 15.8 Å². The Labute approximate surface area is 147 Å². The highest BCUT2D eigenvalue weighted by Gasteiger charge is 2.56. The molecule has 132 valence electrons. The summed E-state index contributed by atoms with van der Waals surface area (Å²) in [6.45, 7) is 12.3. The molecule has 4 heteroatoms. The Morgan fingerprint density at radius 1 is 1.25 bits per heavy atom. The van der Waals surface area contributed by atoms with Crippen molar-refractivity contribution in [3.63, 3.8) is 0 Å². The summed E-state index contributed by atoms with van der Waals surface area (Å²) in [4.78, 5) is 14.9. The molecule has 0 aromatic heterocycles. The first-order chi connectivity index (χ1) is 11.1. The predicted octanol–water partition coefficient (Wildman–Crippen LogP) is 4.73. The van der Waals surface area contributed by atoms with Gasteiger partial charge in [0.2, 0.25) is 0 Å². The maximum Gasteiger partial charge on any atom is 0.194 e. The highest BCUT2D eigenvalue weighted by Crippen LogP contribution is 2.49. The van der Waals surface area contributed by atoms with Crippen LogP contribution in [0.1, 0.15) is 52.0 Å². The largest absolute Gasteiger partial charge is 0.398 e. The first-order valence-corrected chi connectivity index (χ1v) is 12.1. The molecule has 3 nitrogen and oxygen atoms in total. The number of fused-ring (bicyclic) bond motifs is 2. The van der Waals surface area contributed by atoms with Crippen molar-refractivity contribution in [2.75, 3.05) is 0 Å². The molecule has 0 amide bonds. The monoisotopic (exact) mass is 345 g/mol. The van der Waals surface area contributed by atoms with Crippen molar-refractivity contribution in [1.29, 1.82) is 0 Å². The van der Waals surface area contributed by atoms with Crippen LogP contribution in [0.25, 0.3) is 0 Å². The lowest BCUT2D eigenvalue weighted by atomic mass is 9.97. The van der Waals surface area contributed by atoms with Crippen molar-refractivity contribution in [2.45, 2.75) is 82.9 Å². The number of Topliss-reactive ketones (excluding diaryl/α,β-unsaturated/α-hetero) is 1. The van der Waals surface area contributed by atoms with Gasteiger partial charge in [-0.05, 0) is 36.5 Å². The number of nitrogens with zero attached hydrogens (tertiary/aromatic N) is 1. The highest BCUT2D eigenvalue weighted by molar-refractivity contribution is 6.74. The Balaban J connectivity index is 1.90. The fraction of sp³-hybridized carbons (Fsp3) is 0.650. The third-order valence-corrected chi connectivity index (χ3v) is 10.7. The smallest absolute Gasteiger partial charge is 0.194 e. The molecule has 1 aromatic rings. The quantitative estimate of drug-likeness (QED) is 0.739. The summed E-state index contributed by atoms with van der Waals surface area (Å²) < 4.78 is 6.92. The molecule has 0 spiro atoms. The lowest BCUT2D eigenvalue weighted by Crippen LogP contribution is -2.60. The van der Waals surface area contributed by atoms with Gasteiger partial charge in [-0.3, -0.25) is 9.69 Å². The van der Waals surface area contributed by atoms with Gasteiger partial charge in [0.15, 0.2) is 8.32 Å². The van der Waals surface area contributed by atoms with Crippen molar-refractivity contribution in [3.05, 3.63) is 35.9 Å². The minimum absolute atomic E-state index is 0.152. The molecular weight excluding hydrogens is 314 g/mol. The number of hydrogen-bond acceptors (Lipinski definition) is 3. The fourth-order valence-corrected chi connectivity index (χ4v) is 5.44. The van der Waals surface area contributed by atoms with E-state index in [0.717, 1.165) is 19.4 Å². The van der Waals surface area contributed by atoms with Crippen LogP contribution in [0.5, 0.6) is 0 Å². The average Bonchev–Trinajstić information content (AvgIpc) is 2.67. The van der Waals surface area contributed by atoms with E-state index in [2.05, 4.69) is 69.1 Å². The zero-order valence-corrected chi connectivity index (χ0v) is 16.8. The Morgan fingerprint density at radius 3 is 2.54 bits per heavy atom. The topological polar surface area (TPSA) is 29.5 Å². The summed E-state index contributed by atoms with van der Waals surface area (Å²) in [6.07, 6.45) is 3.31. The molecule has 0 saturated carbocycles. The van der Waals surface area contributed by atoms with E-state index in [1.165, 1.54) is 5.56 Å². The molecule has 2 unspecified atom stereocenters. The second-order valence-corrected chi connectivity index (χ2v) is 13.8. The molecule has 0 radical (unpaired) electrons. The molecule has 2 aliphatic rings. The molecule has 24 heavy (non-hydrogen) atoms. The van der Waals surface area contributed by atoms with E-state index in [9.17, 15) is 4.79 Å². The summed E-state index contributed by atoms with van der Waals surface area (Å²) in [7, 11) is -1.94. The van der Waals surface area contributed by atoms with Gasteiger partial charge in [0.05, 0.1) is 0 Å². The van der Waals surface area contributed by atoms with E-state index in [1.807, 2.05) is 0 Å². The molecule has 2 bridgehead atoms. The van der Waals surface area contributed by atoms with Crippen LogP contribution in [0.4, 0.5) is 0 Å². The molecule has 2 heterocycles. The molecule has 2 atom stereocenters. The fourth-order valence-electron chi connectivity index (χ4n) is 3.90. The number of ketones is 1. The number of rotatable bonds is 4. The molecule has 3 rings (SSSR count). The third-order valence-electron chi connectivity index (χ3n) is 6.22. The van der Waals surface area contributed by atoms with E-state index in [-0.39, 0.29) is 10.8 Å². The van der Waals surface area contributed by atoms with Gasteiger partial charge < -0.3 is 4.43 Å². The van der Waals surface area contributed by atoms with Gasteiger partial charge in [-0.2, -0.15) is 0 Å². The van der Waals surface area contributed by atoms with E-state index in [1.54, 1.807) is 0 Å². The van der Waals surface area contributed by atoms with Gasteiger partial charge in [-0.25, -0.2) is 0 Å². The van der Waals surface area contributed by atoms with Crippen LogP contribution in [0.2, 0.25) is 18.1 Å². The van der Waals surface area contributed by atoms with Crippen LogP contribution in [0, 0.1) is 0 Å². The van der Waals surface area contributed by atoms with Gasteiger partial charge in [0.25, 0.3) is 0 Å². The summed E-state index contributed by atoms with van der Waals surface area (Å²) in [6, 6.07) is 10.9. The normalized spacial score (nSPS) is 28.4. The lowest BCUT2D eigenvalue weighted by Gasteiger charge is -2.50. The van der Waals surface area contributed by atoms with Gasteiger partial charge in [0.1, 0.15) is 11.5 Å². The minimum Gasteiger partial charge on any atom is -0.398 e. The average molecular weight is 346 g/mol. The van der Waals surface area contributed by atoms with Crippen LogP contribution < -0.4 is 0 Å². The molecule has 0 aliphatic carbocycles. The summed E-state index contributed by atoms with van der Waals surface area (Å²) >= 11 is 0. The molecule has 0 N–H and O–H groups in total. The zero-order chi connectivity index (χ0) is 17.6. The van der Waals surface area contributed by atoms with E-state index in [4.69, 9.17) is 4.43 Å². The Kier molecular flexibility index (Phi) is 4.52. The third kappa shape index (κ3) is 3.24. The number of carbonyl (C=O) groups excluding carboxylic acids is 1. The second kappa shape index (κ2) is 6.08. The van der Waals surface area contributed by atoms with E-state index < -0.39 is 8.32 Å². The van der Waals surface area contributed by atoms with Crippen molar-refractivity contribution in [3.8, 4) is 0 Å². The van der Waals surface area contributed by atoms with Gasteiger partial charge in [-0.1, -0.05) is 51.1 Å². The second-order valence-electron chi connectivity index (χ2n) is 9.03. The predicted molar refractivity (Wildman–Crippen MR) is 100 cm³/mol. The summed E-state index contributed by atoms with van der Waals surface area (Å²) in [5, 5.41) is 0.152. The maximum absolute atomic E-state index is 12.4. The van der Waals surface area contributed by atoms with Crippen LogP contribution in [-0.4, -0.2) is 30.8 Å². The highest BCUT2D eigenvalue weighted by atomic mass is 28.4. The number of hydrogen-bond donors (Lipinski definition) is 0. The van der Waals surface area contributed by atoms with E-state index >= 15 is 0 Å². The molecular formula is C20H31NO2Si. The number of benzene rings is 1. The van der Waals surface area contributed by atoms with Crippen LogP contribution >= 0.6 is 0 Å². The molecule has 2 aliphatic heterocycles. The molecule has 1 aromatic carbocycles. The Hall–Kier alpha value is -0.973. The van der Waals surface area contributed by atoms with Crippen molar-refractivity contribution in [2.24, 2.45) is 0 Å². The summed E-state index contributed by atoms with van der Waals surface area (Å²) in [5.41, 5.74) is 0.931. The van der Waals surface area contributed by atoms with Crippen molar-refractivity contribution >= 4 is 14.1 Å². The standard InChI is InChI=1S/C20H31NO2Si/c1-19(2,3)24(4,5)23-20-12-11-17(13-18(22)14-20)21(20)15-16-9-7-6-8-10-16/h6-10,17H,11-15H2,1-5H3. The van der Waals surface area contributed by atoms with Gasteiger partial charge in [-0.15, -0.1) is 0 Å².